The second-order valence-corrected chi connectivity index (χ2v) is 3.36. The van der Waals surface area contributed by atoms with Crippen LogP contribution in [0.3, 0.4) is 0 Å². The van der Waals surface area contributed by atoms with Crippen molar-refractivity contribution in [1.29, 1.82) is 0 Å². The van der Waals surface area contributed by atoms with E-state index in [0.29, 0.717) is 25.8 Å². The van der Waals surface area contributed by atoms with Crippen LogP contribution < -0.4 is 11.1 Å². The van der Waals surface area contributed by atoms with Crippen molar-refractivity contribution in [3.8, 4) is 0 Å². The lowest BCUT2D eigenvalue weighted by molar-refractivity contribution is -0.137. The van der Waals surface area contributed by atoms with Crippen molar-refractivity contribution < 1.29 is 14.7 Å². The lowest BCUT2D eigenvalue weighted by Gasteiger charge is -2.11. The molecule has 0 aromatic heterocycles. The number of carbonyl (C=O) groups excluding carboxylic acids is 1. The van der Waals surface area contributed by atoms with Crippen LogP contribution in [-0.2, 0) is 9.59 Å². The van der Waals surface area contributed by atoms with Gasteiger partial charge in [0.15, 0.2) is 0 Å². The molecule has 0 bridgehead atoms. The number of rotatable bonds is 8. The Balaban J connectivity index is 3.30. The molecule has 1 atom stereocenters. The number of hydrogen-bond donors (Lipinski definition) is 3. The highest BCUT2D eigenvalue weighted by Crippen LogP contribution is 1.96. The highest BCUT2D eigenvalue weighted by atomic mass is 16.4. The van der Waals surface area contributed by atoms with Gasteiger partial charge in [-0.05, 0) is 26.3 Å². The number of primary amides is 1. The highest BCUT2D eigenvalue weighted by Gasteiger charge is 2.04. The molecule has 1 unspecified atom stereocenters. The van der Waals surface area contributed by atoms with Crippen LogP contribution in [0, 0.1) is 0 Å². The first-order chi connectivity index (χ1) is 6.52. The van der Waals surface area contributed by atoms with Gasteiger partial charge in [-0.3, -0.25) is 9.59 Å². The summed E-state index contributed by atoms with van der Waals surface area (Å²) in [5.41, 5.74) is 4.96. The SMILES string of the molecule is CC(CCC(=O)O)NCCCC(N)=O. The van der Waals surface area contributed by atoms with Gasteiger partial charge in [-0.2, -0.15) is 0 Å². The van der Waals surface area contributed by atoms with E-state index in [1.54, 1.807) is 0 Å². The number of carboxylic acids is 1. The molecule has 0 saturated heterocycles. The molecule has 0 radical (unpaired) electrons. The van der Waals surface area contributed by atoms with Gasteiger partial charge < -0.3 is 16.2 Å². The Bertz CT molecular complexity index is 194. The van der Waals surface area contributed by atoms with Crippen LogP contribution >= 0.6 is 0 Å². The number of aliphatic carboxylic acids is 1. The van der Waals surface area contributed by atoms with E-state index in [4.69, 9.17) is 10.8 Å². The third-order valence-electron chi connectivity index (χ3n) is 1.88. The molecule has 4 N–H and O–H groups in total. The van der Waals surface area contributed by atoms with E-state index in [9.17, 15) is 9.59 Å². The first-order valence-electron chi connectivity index (χ1n) is 4.76. The second kappa shape index (κ2) is 7.32. The van der Waals surface area contributed by atoms with Crippen LogP contribution in [0.2, 0.25) is 0 Å². The van der Waals surface area contributed by atoms with Crippen molar-refractivity contribution in [1.82, 2.24) is 5.32 Å². The fourth-order valence-electron chi connectivity index (χ4n) is 1.05. The first-order valence-corrected chi connectivity index (χ1v) is 4.76. The molecule has 0 saturated carbocycles. The van der Waals surface area contributed by atoms with E-state index in [2.05, 4.69) is 5.32 Å². The van der Waals surface area contributed by atoms with E-state index in [0.717, 1.165) is 0 Å². The molecule has 0 aliphatic rings. The predicted octanol–water partition coefficient (Wildman–Crippen LogP) is 0.0948. The average Bonchev–Trinajstić information content (AvgIpc) is 2.08. The number of nitrogens with one attached hydrogen (secondary N) is 1. The topological polar surface area (TPSA) is 92.4 Å². The van der Waals surface area contributed by atoms with Gasteiger partial charge in [0.1, 0.15) is 0 Å². The Morgan fingerprint density at radius 1 is 1.43 bits per heavy atom. The van der Waals surface area contributed by atoms with E-state index in [1.807, 2.05) is 6.92 Å². The molecule has 5 heteroatoms. The third-order valence-corrected chi connectivity index (χ3v) is 1.88. The largest absolute Gasteiger partial charge is 0.481 e. The molecule has 0 rings (SSSR count). The molecule has 0 heterocycles. The lowest BCUT2D eigenvalue weighted by atomic mass is 10.2. The highest BCUT2D eigenvalue weighted by molar-refractivity contribution is 5.73. The van der Waals surface area contributed by atoms with E-state index in [1.165, 1.54) is 0 Å². The van der Waals surface area contributed by atoms with Crippen LogP contribution in [0.5, 0.6) is 0 Å². The first kappa shape index (κ1) is 12.9. The van der Waals surface area contributed by atoms with Crippen molar-refractivity contribution in [2.24, 2.45) is 5.73 Å². The number of nitrogens with two attached hydrogens (primary N) is 1. The van der Waals surface area contributed by atoms with Gasteiger partial charge in [0, 0.05) is 18.9 Å². The minimum absolute atomic E-state index is 0.166. The second-order valence-electron chi connectivity index (χ2n) is 3.36. The maximum absolute atomic E-state index is 10.4. The molecule has 0 aromatic carbocycles. The summed E-state index contributed by atoms with van der Waals surface area (Å²) in [6.45, 7) is 2.62. The van der Waals surface area contributed by atoms with Crippen LogP contribution in [0.25, 0.3) is 0 Å². The fourth-order valence-corrected chi connectivity index (χ4v) is 1.05. The Labute approximate surface area is 83.7 Å². The van der Waals surface area contributed by atoms with Crippen molar-refractivity contribution in [3.63, 3.8) is 0 Å². The number of amides is 1. The number of hydrogen-bond acceptors (Lipinski definition) is 3. The molecule has 0 aliphatic carbocycles. The van der Waals surface area contributed by atoms with Gasteiger partial charge in [0.2, 0.25) is 5.91 Å². The Kier molecular flexibility index (Phi) is 6.74. The fraction of sp³-hybridized carbons (Fsp3) is 0.778. The minimum atomic E-state index is -0.782. The van der Waals surface area contributed by atoms with E-state index < -0.39 is 5.97 Å². The molecular weight excluding hydrogens is 184 g/mol. The van der Waals surface area contributed by atoms with Crippen LogP contribution in [0.4, 0.5) is 0 Å². The Hall–Kier alpha value is -1.10. The van der Waals surface area contributed by atoms with Crippen molar-refractivity contribution >= 4 is 11.9 Å². The minimum Gasteiger partial charge on any atom is -0.481 e. The molecule has 0 aliphatic heterocycles. The molecule has 0 aromatic rings. The Morgan fingerprint density at radius 3 is 2.57 bits per heavy atom. The van der Waals surface area contributed by atoms with Gasteiger partial charge in [0.05, 0.1) is 0 Å². The average molecular weight is 202 g/mol. The predicted molar refractivity (Wildman–Crippen MR) is 52.8 cm³/mol. The lowest BCUT2D eigenvalue weighted by Crippen LogP contribution is -2.28. The van der Waals surface area contributed by atoms with Gasteiger partial charge in [-0.25, -0.2) is 0 Å². The summed E-state index contributed by atoms with van der Waals surface area (Å²) in [6, 6.07) is 0.166. The molecule has 14 heavy (non-hydrogen) atoms. The summed E-state index contributed by atoms with van der Waals surface area (Å²) in [6.07, 6.45) is 1.85. The van der Waals surface area contributed by atoms with Gasteiger partial charge in [0.25, 0.3) is 0 Å². The van der Waals surface area contributed by atoms with Gasteiger partial charge in [-0.1, -0.05) is 0 Å². The van der Waals surface area contributed by atoms with E-state index in [-0.39, 0.29) is 18.4 Å². The zero-order valence-corrected chi connectivity index (χ0v) is 8.45. The summed E-state index contributed by atoms with van der Waals surface area (Å²) in [5.74, 6) is -1.08. The standard InChI is InChI=1S/C9H18N2O3/c1-7(4-5-9(13)14)11-6-2-3-8(10)12/h7,11H,2-6H2,1H3,(H2,10,12)(H,13,14). The summed E-state index contributed by atoms with van der Waals surface area (Å²) in [4.78, 5) is 20.6. The van der Waals surface area contributed by atoms with Crippen LogP contribution in [-0.4, -0.2) is 29.6 Å². The maximum Gasteiger partial charge on any atom is 0.303 e. The maximum atomic E-state index is 10.4. The molecule has 82 valence electrons. The van der Waals surface area contributed by atoms with E-state index >= 15 is 0 Å². The summed E-state index contributed by atoms with van der Waals surface area (Å²) < 4.78 is 0. The number of carbonyl (C=O) groups is 2. The third kappa shape index (κ3) is 8.99. The summed E-state index contributed by atoms with van der Waals surface area (Å²) in [7, 11) is 0. The zero-order chi connectivity index (χ0) is 11.0. The van der Waals surface area contributed by atoms with Gasteiger partial charge >= 0.3 is 5.97 Å². The molecule has 5 nitrogen and oxygen atoms in total. The summed E-state index contributed by atoms with van der Waals surface area (Å²) >= 11 is 0. The normalized spacial score (nSPS) is 12.4. The quantitative estimate of drug-likeness (QED) is 0.486. The smallest absolute Gasteiger partial charge is 0.303 e. The monoisotopic (exact) mass is 202 g/mol. The van der Waals surface area contributed by atoms with Crippen LogP contribution in [0.1, 0.15) is 32.6 Å². The molecule has 0 fully saturated rings. The van der Waals surface area contributed by atoms with Crippen LogP contribution in [0.15, 0.2) is 0 Å². The summed E-state index contributed by atoms with van der Waals surface area (Å²) in [5, 5.41) is 11.5. The van der Waals surface area contributed by atoms with Gasteiger partial charge in [-0.15, -0.1) is 0 Å². The van der Waals surface area contributed by atoms with Crippen molar-refractivity contribution in [2.75, 3.05) is 6.54 Å². The zero-order valence-electron chi connectivity index (χ0n) is 8.45. The molecule has 0 spiro atoms. The molecule has 1 amide bonds. The van der Waals surface area contributed by atoms with Crippen molar-refractivity contribution in [3.05, 3.63) is 0 Å². The number of carboxylic acid groups (broad SMARTS) is 1. The Morgan fingerprint density at radius 2 is 2.07 bits per heavy atom. The molecular formula is C9H18N2O3. The van der Waals surface area contributed by atoms with Crippen molar-refractivity contribution in [2.45, 2.75) is 38.6 Å².